The molecule has 6 nitrogen and oxygen atoms in total. The Morgan fingerprint density at radius 3 is 2.62 bits per heavy atom. The van der Waals surface area contributed by atoms with Crippen molar-refractivity contribution in [2.75, 3.05) is 29.8 Å². The van der Waals surface area contributed by atoms with Crippen LogP contribution in [0.1, 0.15) is 16.8 Å². The summed E-state index contributed by atoms with van der Waals surface area (Å²) in [6, 6.07) is 14.1. The maximum absolute atomic E-state index is 12.2. The molecular formula is C18H19BrN2O4S. The van der Waals surface area contributed by atoms with Gasteiger partial charge in [0.1, 0.15) is 12.4 Å². The lowest BCUT2D eigenvalue weighted by atomic mass is 10.2. The van der Waals surface area contributed by atoms with Crippen LogP contribution in [0.5, 0.6) is 5.75 Å². The predicted molar refractivity (Wildman–Crippen MR) is 104 cm³/mol. The third kappa shape index (κ3) is 4.56. The maximum atomic E-state index is 12.2. The van der Waals surface area contributed by atoms with E-state index in [9.17, 15) is 13.2 Å². The van der Waals surface area contributed by atoms with E-state index in [1.807, 2.05) is 24.3 Å². The second-order valence-corrected chi connectivity index (χ2v) is 8.78. The van der Waals surface area contributed by atoms with Gasteiger partial charge >= 0.3 is 0 Å². The van der Waals surface area contributed by atoms with Gasteiger partial charge in [-0.2, -0.15) is 0 Å². The topological polar surface area (TPSA) is 75.7 Å². The first-order chi connectivity index (χ1) is 12.5. The van der Waals surface area contributed by atoms with Crippen LogP contribution in [0, 0.1) is 0 Å². The van der Waals surface area contributed by atoms with Crippen LogP contribution in [0.25, 0.3) is 0 Å². The molecule has 1 fully saturated rings. The van der Waals surface area contributed by atoms with Crippen molar-refractivity contribution in [3.8, 4) is 5.75 Å². The number of rotatable bonds is 6. The van der Waals surface area contributed by atoms with E-state index in [0.717, 1.165) is 10.2 Å². The lowest BCUT2D eigenvalue weighted by molar-refractivity contribution is 0.0947. The Morgan fingerprint density at radius 2 is 1.96 bits per heavy atom. The normalized spacial score (nSPS) is 15.7. The summed E-state index contributed by atoms with van der Waals surface area (Å²) < 4.78 is 31.7. The highest BCUT2D eigenvalue weighted by atomic mass is 79.9. The van der Waals surface area contributed by atoms with Gasteiger partial charge in [-0.1, -0.05) is 22.0 Å². The summed E-state index contributed by atoms with van der Waals surface area (Å²) in [5.74, 6) is 0.677. The number of halogens is 1. The summed E-state index contributed by atoms with van der Waals surface area (Å²) >= 11 is 3.37. The fourth-order valence-electron chi connectivity index (χ4n) is 2.70. The summed E-state index contributed by atoms with van der Waals surface area (Å²) in [6.07, 6.45) is 0.628. The first-order valence-electron chi connectivity index (χ1n) is 8.23. The molecule has 0 unspecified atom stereocenters. The molecule has 2 aromatic rings. The smallest absolute Gasteiger partial charge is 0.251 e. The molecular weight excluding hydrogens is 420 g/mol. The first kappa shape index (κ1) is 18.7. The van der Waals surface area contributed by atoms with Gasteiger partial charge in [-0.25, -0.2) is 8.42 Å². The number of carbonyl (C=O) groups excluding carboxylic acids is 1. The number of nitrogens with one attached hydrogen (secondary N) is 1. The summed E-state index contributed by atoms with van der Waals surface area (Å²) in [5.41, 5.74) is 1.07. The minimum absolute atomic E-state index is 0.174. The van der Waals surface area contributed by atoms with Crippen LogP contribution in [0.2, 0.25) is 0 Å². The molecule has 0 aromatic heterocycles. The van der Waals surface area contributed by atoms with Crippen molar-refractivity contribution in [2.24, 2.45) is 0 Å². The Hall–Kier alpha value is -2.06. The quantitative estimate of drug-likeness (QED) is 0.703. The van der Waals surface area contributed by atoms with Gasteiger partial charge in [0, 0.05) is 16.6 Å². The highest BCUT2D eigenvalue weighted by molar-refractivity contribution is 9.10. The van der Waals surface area contributed by atoms with E-state index in [-0.39, 0.29) is 11.7 Å². The van der Waals surface area contributed by atoms with Crippen LogP contribution < -0.4 is 14.4 Å². The number of nitrogens with zero attached hydrogens (tertiary/aromatic N) is 1. The second kappa shape index (κ2) is 8.09. The second-order valence-electron chi connectivity index (χ2n) is 5.85. The van der Waals surface area contributed by atoms with Gasteiger partial charge < -0.3 is 10.1 Å². The van der Waals surface area contributed by atoms with Crippen molar-refractivity contribution in [2.45, 2.75) is 6.42 Å². The number of sulfonamides is 1. The molecule has 0 spiro atoms. The van der Waals surface area contributed by atoms with E-state index in [0.29, 0.717) is 37.4 Å². The van der Waals surface area contributed by atoms with E-state index >= 15 is 0 Å². The van der Waals surface area contributed by atoms with E-state index in [4.69, 9.17) is 4.74 Å². The van der Waals surface area contributed by atoms with Crippen molar-refractivity contribution >= 4 is 37.5 Å². The highest BCUT2D eigenvalue weighted by Crippen LogP contribution is 2.24. The van der Waals surface area contributed by atoms with Crippen LogP contribution in [0.4, 0.5) is 5.69 Å². The molecule has 0 radical (unpaired) electrons. The summed E-state index contributed by atoms with van der Waals surface area (Å²) in [7, 11) is -3.21. The molecule has 0 aliphatic carbocycles. The molecule has 1 N–H and O–H groups in total. The third-order valence-corrected chi connectivity index (χ3v) is 6.33. The van der Waals surface area contributed by atoms with Crippen LogP contribution in [0.3, 0.4) is 0 Å². The zero-order valence-electron chi connectivity index (χ0n) is 14.0. The highest BCUT2D eigenvalue weighted by Gasteiger charge is 2.28. The fraction of sp³-hybridized carbons (Fsp3) is 0.278. The number of hydrogen-bond acceptors (Lipinski definition) is 4. The molecule has 1 amide bonds. The largest absolute Gasteiger partial charge is 0.492 e. The molecule has 1 aliphatic heterocycles. The molecule has 26 heavy (non-hydrogen) atoms. The summed E-state index contributed by atoms with van der Waals surface area (Å²) in [4.78, 5) is 12.2. The van der Waals surface area contributed by atoms with Gasteiger partial charge in [0.15, 0.2) is 0 Å². The Balaban J connectivity index is 1.50. The molecule has 0 bridgehead atoms. The average Bonchev–Trinajstić information content (AvgIpc) is 2.98. The molecule has 2 aromatic carbocycles. The van der Waals surface area contributed by atoms with E-state index < -0.39 is 10.0 Å². The van der Waals surface area contributed by atoms with E-state index in [1.54, 1.807) is 24.3 Å². The summed E-state index contributed by atoms with van der Waals surface area (Å²) in [5, 5.41) is 2.78. The van der Waals surface area contributed by atoms with Crippen molar-refractivity contribution in [3.63, 3.8) is 0 Å². The Morgan fingerprint density at radius 1 is 1.19 bits per heavy atom. The van der Waals surface area contributed by atoms with Gasteiger partial charge in [0.05, 0.1) is 18.0 Å². The van der Waals surface area contributed by atoms with Crippen molar-refractivity contribution < 1.29 is 17.9 Å². The number of hydrogen-bond donors (Lipinski definition) is 1. The lowest BCUT2D eigenvalue weighted by Crippen LogP contribution is -2.28. The van der Waals surface area contributed by atoms with Crippen molar-refractivity contribution in [1.82, 2.24) is 5.32 Å². The number of carbonyl (C=O) groups is 1. The average molecular weight is 439 g/mol. The molecule has 0 saturated carbocycles. The minimum Gasteiger partial charge on any atom is -0.492 e. The monoisotopic (exact) mass is 438 g/mol. The minimum atomic E-state index is -3.21. The zero-order chi connectivity index (χ0) is 18.6. The Bertz CT molecular complexity index is 884. The van der Waals surface area contributed by atoms with Gasteiger partial charge in [-0.05, 0) is 48.9 Å². The lowest BCUT2D eigenvalue weighted by Gasteiger charge is -2.17. The first-order valence-corrected chi connectivity index (χ1v) is 10.6. The number of amides is 1. The van der Waals surface area contributed by atoms with Gasteiger partial charge in [0.2, 0.25) is 10.0 Å². The van der Waals surface area contributed by atoms with E-state index in [2.05, 4.69) is 21.2 Å². The predicted octanol–water partition coefficient (Wildman–Crippen LogP) is 2.80. The SMILES string of the molecule is O=C(NCCOc1cccc(Br)c1)c1ccc(N2CCCS2(=O)=O)cc1. The molecule has 0 atom stereocenters. The van der Waals surface area contributed by atoms with Crippen LogP contribution in [0.15, 0.2) is 53.0 Å². The number of anilines is 1. The number of ether oxygens (including phenoxy) is 1. The van der Waals surface area contributed by atoms with E-state index in [1.165, 1.54) is 4.31 Å². The Kier molecular flexibility index (Phi) is 5.83. The molecule has 1 aliphatic rings. The number of benzene rings is 2. The molecule has 138 valence electrons. The molecule has 1 saturated heterocycles. The molecule has 1 heterocycles. The van der Waals surface area contributed by atoms with Crippen LogP contribution in [-0.2, 0) is 10.0 Å². The van der Waals surface area contributed by atoms with Gasteiger partial charge in [-0.3, -0.25) is 9.10 Å². The molecule has 8 heteroatoms. The fourth-order valence-corrected chi connectivity index (χ4v) is 4.64. The standard InChI is InChI=1S/C18H19BrN2O4S/c19-15-3-1-4-17(13-15)25-11-9-20-18(22)14-5-7-16(8-6-14)21-10-2-12-26(21,23)24/h1,3-8,13H,2,9-12H2,(H,20,22). The zero-order valence-corrected chi connectivity index (χ0v) is 16.4. The van der Waals surface area contributed by atoms with Crippen LogP contribution in [-0.4, -0.2) is 39.8 Å². The Labute approximate surface area is 161 Å². The summed E-state index contributed by atoms with van der Waals surface area (Å²) in [6.45, 7) is 1.21. The third-order valence-electron chi connectivity index (χ3n) is 3.97. The van der Waals surface area contributed by atoms with Crippen molar-refractivity contribution in [1.29, 1.82) is 0 Å². The maximum Gasteiger partial charge on any atom is 0.251 e. The van der Waals surface area contributed by atoms with Gasteiger partial charge in [-0.15, -0.1) is 0 Å². The van der Waals surface area contributed by atoms with Gasteiger partial charge in [0.25, 0.3) is 5.91 Å². The van der Waals surface area contributed by atoms with Crippen LogP contribution >= 0.6 is 15.9 Å². The van der Waals surface area contributed by atoms with Crippen molar-refractivity contribution in [3.05, 3.63) is 58.6 Å². The molecule has 3 rings (SSSR count).